The molecule has 184 valence electrons. The van der Waals surface area contributed by atoms with Gasteiger partial charge in [-0.25, -0.2) is 8.42 Å². The number of sulfonamides is 1. The zero-order valence-corrected chi connectivity index (χ0v) is 20.9. The highest BCUT2D eigenvalue weighted by atomic mass is 32.2. The molecule has 1 aliphatic heterocycles. The van der Waals surface area contributed by atoms with E-state index in [-0.39, 0.29) is 23.4 Å². The van der Waals surface area contributed by atoms with Crippen LogP contribution in [-0.2, 0) is 21.2 Å². The second-order valence-corrected chi connectivity index (χ2v) is 11.2. The number of nitrogens with one attached hydrogen (secondary N) is 1. The molecule has 0 radical (unpaired) electrons. The third kappa shape index (κ3) is 5.45. The number of amides is 1. The Balaban J connectivity index is 1.49. The molecule has 1 heterocycles. The van der Waals surface area contributed by atoms with Crippen molar-refractivity contribution in [3.63, 3.8) is 0 Å². The lowest BCUT2D eigenvalue weighted by atomic mass is 9.87. The smallest absolute Gasteiger partial charge is 0.243 e. The molecule has 1 fully saturated rings. The third-order valence-electron chi connectivity index (χ3n) is 6.91. The Bertz CT molecular complexity index is 1110. The molecule has 1 atom stereocenters. The fraction of sp³-hybridized carbons (Fsp3) is 0.500. The van der Waals surface area contributed by atoms with Crippen LogP contribution in [0.1, 0.15) is 55.7 Å². The molecule has 7 nitrogen and oxygen atoms in total. The highest BCUT2D eigenvalue weighted by Crippen LogP contribution is 2.34. The van der Waals surface area contributed by atoms with Gasteiger partial charge in [-0.15, -0.1) is 0 Å². The van der Waals surface area contributed by atoms with Crippen LogP contribution in [0.5, 0.6) is 5.75 Å². The van der Waals surface area contributed by atoms with Crippen molar-refractivity contribution in [2.24, 2.45) is 0 Å². The lowest BCUT2D eigenvalue weighted by Crippen LogP contribution is -2.35. The summed E-state index contributed by atoms with van der Waals surface area (Å²) >= 11 is 0. The van der Waals surface area contributed by atoms with Crippen LogP contribution in [0.3, 0.4) is 0 Å². The van der Waals surface area contributed by atoms with Gasteiger partial charge < -0.3 is 10.1 Å². The third-order valence-corrected chi connectivity index (χ3v) is 8.81. The van der Waals surface area contributed by atoms with E-state index in [4.69, 9.17) is 4.74 Å². The molecular weight excluding hydrogens is 450 g/mol. The molecule has 1 N–H and O–H groups in total. The van der Waals surface area contributed by atoms with E-state index in [2.05, 4.69) is 28.4 Å². The van der Waals surface area contributed by atoms with Crippen LogP contribution >= 0.6 is 0 Å². The normalized spacial score (nSPS) is 19.3. The van der Waals surface area contributed by atoms with Crippen molar-refractivity contribution in [2.45, 2.75) is 55.9 Å². The summed E-state index contributed by atoms with van der Waals surface area (Å²) in [6, 6.07) is 13.3. The van der Waals surface area contributed by atoms with Gasteiger partial charge in [0, 0.05) is 19.1 Å². The summed E-state index contributed by atoms with van der Waals surface area (Å²) in [5.74, 6) is 0.238. The molecule has 2 aromatic rings. The Kier molecular flexibility index (Phi) is 7.91. The lowest BCUT2D eigenvalue weighted by molar-refractivity contribution is -0.117. The average molecular weight is 486 g/mol. The minimum Gasteiger partial charge on any atom is -0.495 e. The Morgan fingerprint density at radius 1 is 1.09 bits per heavy atom. The van der Waals surface area contributed by atoms with Crippen LogP contribution in [-0.4, -0.2) is 57.3 Å². The lowest BCUT2D eigenvalue weighted by Gasteiger charge is -2.33. The summed E-state index contributed by atoms with van der Waals surface area (Å²) in [6.45, 7) is 1.26. The second kappa shape index (κ2) is 10.9. The molecule has 1 amide bonds. The monoisotopic (exact) mass is 485 g/mol. The zero-order valence-electron chi connectivity index (χ0n) is 20.1. The summed E-state index contributed by atoms with van der Waals surface area (Å²) in [5, 5.41) is 2.89. The number of benzene rings is 2. The van der Waals surface area contributed by atoms with Crippen molar-refractivity contribution in [3.05, 3.63) is 53.6 Å². The number of likely N-dealkylation sites (N-methyl/N-ethyl adjacent to an activating group) is 1. The fourth-order valence-corrected chi connectivity index (χ4v) is 6.63. The van der Waals surface area contributed by atoms with Crippen molar-refractivity contribution < 1.29 is 17.9 Å². The molecule has 1 unspecified atom stereocenters. The van der Waals surface area contributed by atoms with Gasteiger partial charge in [-0.2, -0.15) is 4.31 Å². The summed E-state index contributed by atoms with van der Waals surface area (Å²) in [6.07, 6.45) is 7.02. The Morgan fingerprint density at radius 2 is 1.82 bits per heavy atom. The number of carbonyl (C=O) groups is 1. The van der Waals surface area contributed by atoms with Crippen molar-refractivity contribution >= 4 is 21.6 Å². The molecule has 2 aromatic carbocycles. The predicted octanol–water partition coefficient (Wildman–Crippen LogP) is 4.21. The van der Waals surface area contributed by atoms with Gasteiger partial charge in [0.15, 0.2) is 0 Å². The van der Waals surface area contributed by atoms with Gasteiger partial charge in [-0.3, -0.25) is 9.69 Å². The molecule has 34 heavy (non-hydrogen) atoms. The molecular formula is C26H35N3O4S. The predicted molar refractivity (Wildman–Crippen MR) is 134 cm³/mol. The average Bonchev–Trinajstić information content (AvgIpc) is 3.14. The molecule has 0 saturated carbocycles. The van der Waals surface area contributed by atoms with Crippen molar-refractivity contribution in [3.8, 4) is 5.75 Å². The number of nitrogens with zero attached hydrogens (tertiary/aromatic N) is 2. The first-order valence-electron chi connectivity index (χ1n) is 12.2. The van der Waals surface area contributed by atoms with E-state index < -0.39 is 10.0 Å². The molecule has 1 saturated heterocycles. The number of fused-ring (bicyclic) bond motifs is 1. The maximum atomic E-state index is 13.2. The summed E-state index contributed by atoms with van der Waals surface area (Å²) < 4.78 is 33.5. The van der Waals surface area contributed by atoms with Crippen molar-refractivity contribution in [2.75, 3.05) is 39.1 Å². The van der Waals surface area contributed by atoms with E-state index >= 15 is 0 Å². The van der Waals surface area contributed by atoms with E-state index in [0.29, 0.717) is 24.5 Å². The highest BCUT2D eigenvalue weighted by Gasteiger charge is 2.27. The van der Waals surface area contributed by atoms with Gasteiger partial charge in [-0.1, -0.05) is 37.1 Å². The minimum atomic E-state index is -3.63. The molecule has 0 bridgehead atoms. The van der Waals surface area contributed by atoms with E-state index in [1.165, 1.54) is 24.3 Å². The Hall–Kier alpha value is -2.42. The largest absolute Gasteiger partial charge is 0.495 e. The maximum absolute atomic E-state index is 13.2. The Labute approximate surface area is 203 Å². The summed E-state index contributed by atoms with van der Waals surface area (Å²) in [4.78, 5) is 15.2. The number of aryl methyl sites for hydroxylation is 1. The van der Waals surface area contributed by atoms with Gasteiger partial charge in [-0.05, 0) is 68.5 Å². The van der Waals surface area contributed by atoms with Crippen LogP contribution < -0.4 is 10.1 Å². The van der Waals surface area contributed by atoms with Crippen LogP contribution in [0.4, 0.5) is 5.69 Å². The number of anilines is 1. The first kappa shape index (κ1) is 24.7. The number of methoxy groups -OCH3 is 1. The van der Waals surface area contributed by atoms with E-state index in [1.54, 1.807) is 16.4 Å². The van der Waals surface area contributed by atoms with Gasteiger partial charge in [0.2, 0.25) is 15.9 Å². The fourth-order valence-electron chi connectivity index (χ4n) is 5.09. The summed E-state index contributed by atoms with van der Waals surface area (Å²) in [5.41, 5.74) is 3.01. The Morgan fingerprint density at radius 3 is 2.56 bits per heavy atom. The van der Waals surface area contributed by atoms with Crippen LogP contribution in [0, 0.1) is 0 Å². The molecule has 2 aliphatic rings. The van der Waals surface area contributed by atoms with Crippen molar-refractivity contribution in [1.82, 2.24) is 9.21 Å². The maximum Gasteiger partial charge on any atom is 0.243 e. The number of ether oxygens (including phenoxy) is 1. The van der Waals surface area contributed by atoms with Crippen LogP contribution in [0.2, 0.25) is 0 Å². The zero-order chi connectivity index (χ0) is 24.1. The number of hydrogen-bond acceptors (Lipinski definition) is 5. The van der Waals surface area contributed by atoms with Crippen molar-refractivity contribution in [1.29, 1.82) is 0 Å². The number of carbonyl (C=O) groups excluding carboxylic acids is 1. The summed E-state index contributed by atoms with van der Waals surface area (Å²) in [7, 11) is -0.151. The van der Waals surface area contributed by atoms with E-state index in [1.807, 2.05) is 13.1 Å². The SMILES string of the molecule is COc1ccc(S(=O)(=O)N2CCCCCC2)cc1NC(=O)CN(C)C1CCCc2ccccc21. The van der Waals surface area contributed by atoms with Gasteiger partial charge in [0.05, 0.1) is 24.2 Å². The van der Waals surface area contributed by atoms with Gasteiger partial charge in [0.1, 0.15) is 5.75 Å². The van der Waals surface area contributed by atoms with Crippen LogP contribution in [0.25, 0.3) is 0 Å². The topological polar surface area (TPSA) is 79.0 Å². The quantitative estimate of drug-likeness (QED) is 0.636. The van der Waals surface area contributed by atoms with Gasteiger partial charge >= 0.3 is 0 Å². The molecule has 8 heteroatoms. The first-order chi connectivity index (χ1) is 16.4. The number of rotatable bonds is 7. The molecule has 4 rings (SSSR count). The second-order valence-electron chi connectivity index (χ2n) is 9.25. The standard InChI is InChI=1S/C26H35N3O4S/c1-28(24-13-9-11-20-10-5-6-12-22(20)24)19-26(30)27-23-18-21(14-15-25(23)33-2)34(31,32)29-16-7-3-4-8-17-29/h5-6,10,12,14-15,18,24H,3-4,7-9,11,13,16-17,19H2,1-2H3,(H,27,30). The van der Waals surface area contributed by atoms with E-state index in [9.17, 15) is 13.2 Å². The molecule has 0 aromatic heterocycles. The highest BCUT2D eigenvalue weighted by molar-refractivity contribution is 7.89. The molecule has 1 aliphatic carbocycles. The van der Waals surface area contributed by atoms with E-state index in [0.717, 1.165) is 44.9 Å². The molecule has 0 spiro atoms. The number of hydrogen-bond donors (Lipinski definition) is 1. The first-order valence-corrected chi connectivity index (χ1v) is 13.6. The van der Waals surface area contributed by atoms with Crippen LogP contribution in [0.15, 0.2) is 47.4 Å². The van der Waals surface area contributed by atoms with Gasteiger partial charge in [0.25, 0.3) is 0 Å². The minimum absolute atomic E-state index is 0.181.